The average molecular weight is 244 g/mol. The van der Waals surface area contributed by atoms with Crippen LogP contribution in [0.2, 0.25) is 0 Å². The number of hydrogen-bond donors (Lipinski definition) is 0. The fraction of sp³-hybridized carbons (Fsp3) is 0.833. The molecule has 1 saturated heterocycles. The molecule has 0 aromatic rings. The van der Waals surface area contributed by atoms with Crippen molar-refractivity contribution in [2.24, 2.45) is 11.3 Å². The van der Waals surface area contributed by atoms with Gasteiger partial charge in [0, 0.05) is 5.41 Å². The molecule has 0 bridgehead atoms. The van der Waals surface area contributed by atoms with Crippen molar-refractivity contribution in [1.82, 2.24) is 0 Å². The summed E-state index contributed by atoms with van der Waals surface area (Å²) < 4.78 is 15.3. The highest BCUT2D eigenvalue weighted by atomic mass is 16.6. The Morgan fingerprint density at radius 3 is 2.59 bits per heavy atom. The third-order valence-electron chi connectivity index (χ3n) is 2.59. The minimum Gasteiger partial charge on any atom is -0.463 e. The molecule has 1 fully saturated rings. The molecule has 1 atom stereocenters. The monoisotopic (exact) mass is 244 g/mol. The molecule has 98 valence electrons. The Kier molecular flexibility index (Phi) is 4.51. The third kappa shape index (κ3) is 3.70. The lowest BCUT2D eigenvalue weighted by Gasteiger charge is -2.21. The van der Waals surface area contributed by atoms with Gasteiger partial charge in [-0.2, -0.15) is 0 Å². The first kappa shape index (κ1) is 14.0. The Morgan fingerprint density at radius 2 is 2.12 bits per heavy atom. The third-order valence-corrected chi connectivity index (χ3v) is 2.59. The topological polar surface area (TPSA) is 61.8 Å². The van der Waals surface area contributed by atoms with Crippen molar-refractivity contribution < 1.29 is 23.8 Å². The largest absolute Gasteiger partial charge is 0.463 e. The zero-order valence-electron chi connectivity index (χ0n) is 10.8. The second-order valence-electron chi connectivity index (χ2n) is 5.17. The molecule has 5 heteroatoms. The SMILES string of the molecule is CC(C)C(=O)OCCOC1C(=O)OCC1(C)C. The zero-order valence-corrected chi connectivity index (χ0v) is 10.8. The maximum absolute atomic E-state index is 11.4. The van der Waals surface area contributed by atoms with Gasteiger partial charge in [0.05, 0.1) is 19.1 Å². The van der Waals surface area contributed by atoms with E-state index in [1.165, 1.54) is 0 Å². The fourth-order valence-electron chi connectivity index (χ4n) is 1.50. The van der Waals surface area contributed by atoms with E-state index in [0.29, 0.717) is 6.61 Å². The Labute approximate surface area is 101 Å². The Morgan fingerprint density at radius 1 is 1.47 bits per heavy atom. The van der Waals surface area contributed by atoms with Crippen molar-refractivity contribution in [3.63, 3.8) is 0 Å². The van der Waals surface area contributed by atoms with Crippen LogP contribution in [0.25, 0.3) is 0 Å². The Balaban J connectivity index is 2.27. The number of cyclic esters (lactones) is 1. The maximum atomic E-state index is 11.4. The molecule has 0 saturated carbocycles. The van der Waals surface area contributed by atoms with Crippen molar-refractivity contribution in [3.05, 3.63) is 0 Å². The van der Waals surface area contributed by atoms with Crippen molar-refractivity contribution in [1.29, 1.82) is 0 Å². The van der Waals surface area contributed by atoms with Crippen LogP contribution in [0.3, 0.4) is 0 Å². The smallest absolute Gasteiger partial charge is 0.335 e. The highest BCUT2D eigenvalue weighted by Crippen LogP contribution is 2.30. The maximum Gasteiger partial charge on any atom is 0.335 e. The molecule has 1 heterocycles. The minimum atomic E-state index is -0.569. The normalized spacial score (nSPS) is 22.6. The zero-order chi connectivity index (χ0) is 13.1. The van der Waals surface area contributed by atoms with E-state index in [4.69, 9.17) is 14.2 Å². The average Bonchev–Trinajstić information content (AvgIpc) is 2.49. The van der Waals surface area contributed by atoms with E-state index in [0.717, 1.165) is 0 Å². The van der Waals surface area contributed by atoms with Gasteiger partial charge < -0.3 is 14.2 Å². The van der Waals surface area contributed by atoms with Crippen LogP contribution >= 0.6 is 0 Å². The van der Waals surface area contributed by atoms with Gasteiger partial charge in [0.15, 0.2) is 6.10 Å². The van der Waals surface area contributed by atoms with Crippen molar-refractivity contribution >= 4 is 11.9 Å². The summed E-state index contributed by atoms with van der Waals surface area (Å²) in [6, 6.07) is 0. The molecule has 1 unspecified atom stereocenters. The number of carbonyl (C=O) groups excluding carboxylic acids is 2. The summed E-state index contributed by atoms with van der Waals surface area (Å²) in [7, 11) is 0. The van der Waals surface area contributed by atoms with Crippen LogP contribution in [0.4, 0.5) is 0 Å². The van der Waals surface area contributed by atoms with Crippen molar-refractivity contribution in [2.45, 2.75) is 33.8 Å². The molecule has 0 aromatic heterocycles. The molecule has 0 spiro atoms. The Bertz CT molecular complexity index is 295. The van der Waals surface area contributed by atoms with Crippen LogP contribution in [0.1, 0.15) is 27.7 Å². The van der Waals surface area contributed by atoms with E-state index in [9.17, 15) is 9.59 Å². The van der Waals surface area contributed by atoms with Gasteiger partial charge in [-0.25, -0.2) is 4.79 Å². The van der Waals surface area contributed by atoms with Gasteiger partial charge >= 0.3 is 11.9 Å². The second-order valence-corrected chi connectivity index (χ2v) is 5.17. The number of esters is 2. The first-order chi connectivity index (χ1) is 7.84. The summed E-state index contributed by atoms with van der Waals surface area (Å²) in [5.41, 5.74) is -0.320. The molecule has 5 nitrogen and oxygen atoms in total. The minimum absolute atomic E-state index is 0.150. The molecule has 17 heavy (non-hydrogen) atoms. The van der Waals surface area contributed by atoms with E-state index in [2.05, 4.69) is 0 Å². The summed E-state index contributed by atoms with van der Waals surface area (Å²) in [4.78, 5) is 22.5. The molecule has 0 aliphatic carbocycles. The molecule has 0 N–H and O–H groups in total. The molecule has 0 aromatic carbocycles. The van der Waals surface area contributed by atoms with Gasteiger partial charge in [0.2, 0.25) is 0 Å². The highest BCUT2D eigenvalue weighted by Gasteiger charge is 2.44. The molecule has 0 radical (unpaired) electrons. The highest BCUT2D eigenvalue weighted by molar-refractivity contribution is 5.77. The molecule has 1 aliphatic heterocycles. The summed E-state index contributed by atoms with van der Waals surface area (Å²) in [5, 5.41) is 0. The van der Waals surface area contributed by atoms with Crippen LogP contribution < -0.4 is 0 Å². The van der Waals surface area contributed by atoms with Gasteiger partial charge in [0.25, 0.3) is 0 Å². The molecule has 1 aliphatic rings. The van der Waals surface area contributed by atoms with E-state index < -0.39 is 6.10 Å². The quantitative estimate of drug-likeness (QED) is 0.536. The summed E-state index contributed by atoms with van der Waals surface area (Å²) in [6.45, 7) is 8.08. The lowest BCUT2D eigenvalue weighted by Crippen LogP contribution is -2.34. The van der Waals surface area contributed by atoms with E-state index >= 15 is 0 Å². The number of hydrogen-bond acceptors (Lipinski definition) is 5. The number of carbonyl (C=O) groups is 2. The van der Waals surface area contributed by atoms with E-state index in [1.807, 2.05) is 13.8 Å². The first-order valence-corrected chi connectivity index (χ1v) is 5.79. The molecular formula is C12H20O5. The lowest BCUT2D eigenvalue weighted by molar-refractivity contribution is -0.153. The molecule has 0 amide bonds. The first-order valence-electron chi connectivity index (χ1n) is 5.79. The van der Waals surface area contributed by atoms with Gasteiger partial charge in [-0.1, -0.05) is 27.7 Å². The molecular weight excluding hydrogens is 224 g/mol. The van der Waals surface area contributed by atoms with E-state index in [-0.39, 0.29) is 36.5 Å². The Hall–Kier alpha value is -1.10. The van der Waals surface area contributed by atoms with Crippen LogP contribution in [-0.4, -0.2) is 37.9 Å². The van der Waals surface area contributed by atoms with Crippen LogP contribution in [0.15, 0.2) is 0 Å². The fourth-order valence-corrected chi connectivity index (χ4v) is 1.50. The molecule has 1 rings (SSSR count). The summed E-state index contributed by atoms with van der Waals surface area (Å²) in [6.07, 6.45) is -0.569. The predicted octanol–water partition coefficient (Wildman–Crippen LogP) is 1.15. The van der Waals surface area contributed by atoms with Crippen molar-refractivity contribution in [3.8, 4) is 0 Å². The summed E-state index contributed by atoms with van der Waals surface area (Å²) >= 11 is 0. The van der Waals surface area contributed by atoms with Gasteiger partial charge in [-0.15, -0.1) is 0 Å². The predicted molar refractivity (Wildman–Crippen MR) is 60.3 cm³/mol. The second kappa shape index (κ2) is 5.49. The van der Waals surface area contributed by atoms with Gasteiger partial charge in [0.1, 0.15) is 6.61 Å². The van der Waals surface area contributed by atoms with Crippen molar-refractivity contribution in [2.75, 3.05) is 19.8 Å². The van der Waals surface area contributed by atoms with Crippen LogP contribution in [-0.2, 0) is 23.8 Å². The van der Waals surface area contributed by atoms with Crippen LogP contribution in [0.5, 0.6) is 0 Å². The van der Waals surface area contributed by atoms with Gasteiger partial charge in [-0.3, -0.25) is 4.79 Å². The number of ether oxygens (including phenoxy) is 3. The van der Waals surface area contributed by atoms with Crippen LogP contribution in [0, 0.1) is 11.3 Å². The van der Waals surface area contributed by atoms with Gasteiger partial charge in [-0.05, 0) is 0 Å². The van der Waals surface area contributed by atoms with E-state index in [1.54, 1.807) is 13.8 Å². The number of rotatable bonds is 5. The lowest BCUT2D eigenvalue weighted by atomic mass is 9.90. The summed E-state index contributed by atoms with van der Waals surface area (Å²) in [5.74, 6) is -0.755. The standard InChI is InChI=1S/C12H20O5/c1-8(2)10(13)16-6-5-15-9-11(14)17-7-12(9,3)4/h8-9H,5-7H2,1-4H3.